The summed E-state index contributed by atoms with van der Waals surface area (Å²) in [5, 5.41) is 0. The van der Waals surface area contributed by atoms with Crippen LogP contribution in [-0.4, -0.2) is 37.2 Å². The number of hydrogen-bond acceptors (Lipinski definition) is 6. The van der Waals surface area contributed by atoms with E-state index in [0.717, 1.165) is 141 Å². The number of carbonyl (C=O) groups is 3. The van der Waals surface area contributed by atoms with Crippen molar-refractivity contribution in [1.82, 2.24) is 0 Å². The predicted molar refractivity (Wildman–Crippen MR) is 307 cm³/mol. The van der Waals surface area contributed by atoms with Crippen LogP contribution >= 0.6 is 0 Å². The highest BCUT2D eigenvalue weighted by molar-refractivity contribution is 5.71. The summed E-state index contributed by atoms with van der Waals surface area (Å²) in [6.07, 6.45) is 79.3. The van der Waals surface area contributed by atoms with Gasteiger partial charge in [0.2, 0.25) is 0 Å². The van der Waals surface area contributed by atoms with Gasteiger partial charge in [-0.25, -0.2) is 0 Å². The van der Waals surface area contributed by atoms with Crippen molar-refractivity contribution in [2.24, 2.45) is 0 Å². The van der Waals surface area contributed by atoms with Gasteiger partial charge in [-0.05, 0) is 122 Å². The predicted octanol–water partition coefficient (Wildman–Crippen LogP) is 19.9. The molecule has 0 saturated heterocycles. The quantitative estimate of drug-likeness (QED) is 0.0261. The monoisotopic (exact) mass is 985 g/mol. The highest BCUT2D eigenvalue weighted by Crippen LogP contribution is 2.14. The first-order valence-electron chi connectivity index (χ1n) is 29.4. The molecular formula is C65H108O6. The van der Waals surface area contributed by atoms with Crippen molar-refractivity contribution in [2.75, 3.05) is 13.2 Å². The standard InChI is InChI=1S/C65H108O6/c1-4-7-10-13-16-19-22-25-28-30-32-34-37-40-43-46-49-52-55-58-64(67)70-61-62(60-69-63(66)57-54-51-48-45-42-39-36-27-24-21-18-15-12-9-6-3)71-65(68)59-56-53-50-47-44-41-38-35-33-31-29-26-23-20-17-14-11-8-5-2/h7-8,10-11,16-17,19-20,25-29,32-36,62H,4-6,9,12-15,18,21-24,30-31,37-61H2,1-3H3/b10-7-,11-8-,19-16-,20-17-,28-25-,29-26-,34-32-,35-33-,36-27-. The maximum atomic E-state index is 12.9. The van der Waals surface area contributed by atoms with E-state index in [9.17, 15) is 14.4 Å². The molecular weight excluding hydrogens is 877 g/mol. The zero-order chi connectivity index (χ0) is 51.4. The number of carbonyl (C=O) groups excluding carboxylic acids is 3. The van der Waals surface area contributed by atoms with Gasteiger partial charge in [0.15, 0.2) is 6.10 Å². The van der Waals surface area contributed by atoms with E-state index in [4.69, 9.17) is 14.2 Å². The number of rotatable bonds is 52. The van der Waals surface area contributed by atoms with Crippen molar-refractivity contribution >= 4 is 17.9 Å². The van der Waals surface area contributed by atoms with E-state index in [1.54, 1.807) is 0 Å². The molecule has 1 unspecified atom stereocenters. The van der Waals surface area contributed by atoms with Crippen LogP contribution in [0.25, 0.3) is 0 Å². The summed E-state index contributed by atoms with van der Waals surface area (Å²) in [6.45, 7) is 6.39. The van der Waals surface area contributed by atoms with E-state index >= 15 is 0 Å². The lowest BCUT2D eigenvalue weighted by atomic mass is 10.1. The normalized spacial score (nSPS) is 12.9. The Hall–Kier alpha value is -3.93. The second-order valence-electron chi connectivity index (χ2n) is 19.1. The molecule has 6 nitrogen and oxygen atoms in total. The van der Waals surface area contributed by atoms with Crippen LogP contribution in [-0.2, 0) is 28.6 Å². The van der Waals surface area contributed by atoms with Crippen molar-refractivity contribution in [3.8, 4) is 0 Å². The second-order valence-corrected chi connectivity index (χ2v) is 19.1. The van der Waals surface area contributed by atoms with E-state index in [1.165, 1.54) is 83.5 Å². The Labute approximate surface area is 438 Å². The third-order valence-electron chi connectivity index (χ3n) is 12.2. The van der Waals surface area contributed by atoms with Crippen LogP contribution in [0, 0.1) is 0 Å². The first-order valence-corrected chi connectivity index (χ1v) is 29.4. The van der Waals surface area contributed by atoms with E-state index in [-0.39, 0.29) is 31.1 Å². The number of hydrogen-bond donors (Lipinski definition) is 0. The molecule has 0 saturated carbocycles. The van der Waals surface area contributed by atoms with E-state index < -0.39 is 6.10 Å². The lowest BCUT2D eigenvalue weighted by Crippen LogP contribution is -2.30. The maximum absolute atomic E-state index is 12.9. The van der Waals surface area contributed by atoms with Crippen LogP contribution in [0.1, 0.15) is 265 Å². The molecule has 71 heavy (non-hydrogen) atoms. The molecule has 1 atom stereocenters. The van der Waals surface area contributed by atoms with Gasteiger partial charge in [0.1, 0.15) is 13.2 Å². The molecule has 0 heterocycles. The Morgan fingerprint density at radius 1 is 0.296 bits per heavy atom. The van der Waals surface area contributed by atoms with Gasteiger partial charge in [-0.3, -0.25) is 14.4 Å². The highest BCUT2D eigenvalue weighted by atomic mass is 16.6. The molecule has 0 aliphatic rings. The Balaban J connectivity index is 4.46. The maximum Gasteiger partial charge on any atom is 0.306 e. The van der Waals surface area contributed by atoms with Gasteiger partial charge >= 0.3 is 17.9 Å². The van der Waals surface area contributed by atoms with Gasteiger partial charge in [0.05, 0.1) is 0 Å². The fraction of sp³-hybridized carbons (Fsp3) is 0.677. The fourth-order valence-electron chi connectivity index (χ4n) is 7.89. The van der Waals surface area contributed by atoms with Crippen molar-refractivity contribution in [2.45, 2.75) is 271 Å². The Kier molecular flexibility index (Phi) is 55.4. The summed E-state index contributed by atoms with van der Waals surface area (Å²) in [5.74, 6) is -0.928. The van der Waals surface area contributed by atoms with Crippen LogP contribution in [0.2, 0.25) is 0 Å². The Morgan fingerprint density at radius 2 is 0.549 bits per heavy atom. The van der Waals surface area contributed by atoms with Gasteiger partial charge in [0, 0.05) is 19.3 Å². The number of ether oxygens (including phenoxy) is 3. The number of esters is 3. The molecule has 6 heteroatoms. The van der Waals surface area contributed by atoms with Gasteiger partial charge in [-0.2, -0.15) is 0 Å². The summed E-state index contributed by atoms with van der Waals surface area (Å²) in [5.41, 5.74) is 0. The van der Waals surface area contributed by atoms with E-state index in [2.05, 4.69) is 130 Å². The van der Waals surface area contributed by atoms with Crippen molar-refractivity contribution in [3.63, 3.8) is 0 Å². The molecule has 0 aliphatic carbocycles. The summed E-state index contributed by atoms with van der Waals surface area (Å²) >= 11 is 0. The molecule has 0 radical (unpaired) electrons. The van der Waals surface area contributed by atoms with Gasteiger partial charge in [-0.15, -0.1) is 0 Å². The van der Waals surface area contributed by atoms with Gasteiger partial charge < -0.3 is 14.2 Å². The molecule has 0 N–H and O–H groups in total. The van der Waals surface area contributed by atoms with Gasteiger partial charge in [0.25, 0.3) is 0 Å². The third-order valence-corrected chi connectivity index (χ3v) is 12.2. The minimum Gasteiger partial charge on any atom is -0.462 e. The topological polar surface area (TPSA) is 78.9 Å². The first-order chi connectivity index (χ1) is 35.0. The largest absolute Gasteiger partial charge is 0.462 e. The zero-order valence-electron chi connectivity index (χ0n) is 46.2. The first kappa shape index (κ1) is 67.1. The molecule has 0 aromatic heterocycles. The molecule has 0 fully saturated rings. The molecule has 0 aromatic rings. The van der Waals surface area contributed by atoms with Gasteiger partial charge in [-0.1, -0.05) is 233 Å². The fourth-order valence-corrected chi connectivity index (χ4v) is 7.89. The average Bonchev–Trinajstić information content (AvgIpc) is 3.37. The smallest absolute Gasteiger partial charge is 0.306 e. The molecule has 0 rings (SSSR count). The van der Waals surface area contributed by atoms with Crippen LogP contribution in [0.15, 0.2) is 109 Å². The van der Waals surface area contributed by atoms with E-state index in [1.807, 2.05) is 0 Å². The molecule has 0 bridgehead atoms. The van der Waals surface area contributed by atoms with Crippen molar-refractivity contribution in [3.05, 3.63) is 109 Å². The number of allylic oxidation sites excluding steroid dienone is 18. The Morgan fingerprint density at radius 3 is 0.873 bits per heavy atom. The zero-order valence-corrected chi connectivity index (χ0v) is 46.2. The molecule has 0 amide bonds. The summed E-state index contributed by atoms with van der Waals surface area (Å²) < 4.78 is 16.9. The molecule has 0 aromatic carbocycles. The lowest BCUT2D eigenvalue weighted by molar-refractivity contribution is -0.167. The molecule has 404 valence electrons. The van der Waals surface area contributed by atoms with E-state index in [0.29, 0.717) is 19.3 Å². The summed E-state index contributed by atoms with van der Waals surface area (Å²) in [6, 6.07) is 0. The minimum atomic E-state index is -0.798. The third kappa shape index (κ3) is 56.9. The summed E-state index contributed by atoms with van der Waals surface area (Å²) in [4.78, 5) is 38.2. The highest BCUT2D eigenvalue weighted by Gasteiger charge is 2.19. The van der Waals surface area contributed by atoms with Crippen molar-refractivity contribution < 1.29 is 28.6 Å². The van der Waals surface area contributed by atoms with Crippen molar-refractivity contribution in [1.29, 1.82) is 0 Å². The lowest BCUT2D eigenvalue weighted by Gasteiger charge is -2.18. The second kappa shape index (κ2) is 58.6. The number of unbranched alkanes of at least 4 members (excludes halogenated alkanes) is 23. The van der Waals surface area contributed by atoms with Crippen LogP contribution in [0.3, 0.4) is 0 Å². The van der Waals surface area contributed by atoms with Crippen LogP contribution < -0.4 is 0 Å². The minimum absolute atomic E-state index is 0.0941. The SMILES string of the molecule is CC/C=C\C/C=C\C/C=C\C/C=C\CCCCCCCCC(=O)OCC(COC(=O)CCCCCCC/C=C\CCCCCCCC)OC(=O)CCCCCCCC/C=C\C/C=C\C/C=C\C/C=C\CC. The molecule has 0 aliphatic heterocycles. The molecule has 0 spiro atoms. The Bertz CT molecular complexity index is 1460. The van der Waals surface area contributed by atoms with Crippen LogP contribution in [0.4, 0.5) is 0 Å². The summed E-state index contributed by atoms with van der Waals surface area (Å²) in [7, 11) is 0. The average molecular weight is 986 g/mol. The van der Waals surface area contributed by atoms with Crippen LogP contribution in [0.5, 0.6) is 0 Å².